The Morgan fingerprint density at radius 3 is 2.58 bits per heavy atom. The maximum absolute atomic E-state index is 12.9. The summed E-state index contributed by atoms with van der Waals surface area (Å²) >= 11 is 6.04. The summed E-state index contributed by atoms with van der Waals surface area (Å²) in [4.78, 5) is 8.18. The number of hydrogen-bond acceptors (Lipinski definition) is 3. The molecule has 100 valence electrons. The molecule has 0 amide bonds. The SMILES string of the molecule is CCc1c(Cl)ncnc1NC(C)c1ccc(F)cc1. The van der Waals surface area contributed by atoms with Crippen LogP contribution in [0.1, 0.15) is 31.0 Å². The van der Waals surface area contributed by atoms with E-state index in [0.29, 0.717) is 5.15 Å². The van der Waals surface area contributed by atoms with Crippen molar-refractivity contribution in [3.05, 3.63) is 52.7 Å². The maximum atomic E-state index is 12.9. The summed E-state index contributed by atoms with van der Waals surface area (Å²) in [6, 6.07) is 6.41. The molecule has 1 unspecified atom stereocenters. The quantitative estimate of drug-likeness (QED) is 0.860. The molecular formula is C14H15ClFN3. The summed E-state index contributed by atoms with van der Waals surface area (Å²) in [5, 5.41) is 3.74. The highest BCUT2D eigenvalue weighted by atomic mass is 35.5. The van der Waals surface area contributed by atoms with Gasteiger partial charge in [0.1, 0.15) is 23.1 Å². The first-order valence-corrected chi connectivity index (χ1v) is 6.51. The number of rotatable bonds is 4. The Kier molecular flexibility index (Phi) is 4.32. The molecule has 0 fully saturated rings. The summed E-state index contributed by atoms with van der Waals surface area (Å²) in [5.74, 6) is 0.481. The van der Waals surface area contributed by atoms with Crippen LogP contribution in [0.2, 0.25) is 5.15 Å². The number of halogens is 2. The number of anilines is 1. The fourth-order valence-corrected chi connectivity index (χ4v) is 2.14. The third kappa shape index (κ3) is 3.20. The molecule has 1 aromatic heterocycles. The van der Waals surface area contributed by atoms with Gasteiger partial charge >= 0.3 is 0 Å². The van der Waals surface area contributed by atoms with E-state index in [-0.39, 0.29) is 11.9 Å². The third-order valence-corrected chi connectivity index (χ3v) is 3.30. The molecule has 2 rings (SSSR count). The van der Waals surface area contributed by atoms with Crippen LogP contribution in [0.4, 0.5) is 10.2 Å². The van der Waals surface area contributed by atoms with E-state index in [2.05, 4.69) is 15.3 Å². The molecule has 1 N–H and O–H groups in total. The first-order chi connectivity index (χ1) is 9.11. The van der Waals surface area contributed by atoms with Gasteiger partial charge in [-0.2, -0.15) is 0 Å². The Balaban J connectivity index is 2.21. The number of nitrogens with zero attached hydrogens (tertiary/aromatic N) is 2. The number of nitrogens with one attached hydrogen (secondary N) is 1. The second-order valence-electron chi connectivity index (χ2n) is 4.26. The molecule has 5 heteroatoms. The van der Waals surface area contributed by atoms with Crippen molar-refractivity contribution in [1.82, 2.24) is 9.97 Å². The van der Waals surface area contributed by atoms with Crippen molar-refractivity contribution >= 4 is 17.4 Å². The van der Waals surface area contributed by atoms with E-state index in [4.69, 9.17) is 11.6 Å². The Morgan fingerprint density at radius 1 is 1.26 bits per heavy atom. The molecule has 1 atom stereocenters. The molecule has 19 heavy (non-hydrogen) atoms. The van der Waals surface area contributed by atoms with E-state index in [0.717, 1.165) is 23.4 Å². The number of hydrogen-bond donors (Lipinski definition) is 1. The third-order valence-electron chi connectivity index (χ3n) is 2.97. The lowest BCUT2D eigenvalue weighted by Crippen LogP contribution is -2.10. The first kappa shape index (κ1) is 13.7. The predicted molar refractivity (Wildman–Crippen MR) is 74.9 cm³/mol. The fourth-order valence-electron chi connectivity index (χ4n) is 1.87. The van der Waals surface area contributed by atoms with E-state index in [1.165, 1.54) is 18.5 Å². The van der Waals surface area contributed by atoms with Gasteiger partial charge in [0.05, 0.1) is 0 Å². The minimum atomic E-state index is -0.240. The van der Waals surface area contributed by atoms with Crippen molar-refractivity contribution in [2.75, 3.05) is 5.32 Å². The van der Waals surface area contributed by atoms with Crippen LogP contribution >= 0.6 is 11.6 Å². The lowest BCUT2D eigenvalue weighted by atomic mass is 10.1. The zero-order valence-corrected chi connectivity index (χ0v) is 11.6. The van der Waals surface area contributed by atoms with Crippen LogP contribution < -0.4 is 5.32 Å². The second kappa shape index (κ2) is 5.97. The molecule has 0 aliphatic carbocycles. The largest absolute Gasteiger partial charge is 0.363 e. The second-order valence-corrected chi connectivity index (χ2v) is 4.62. The molecule has 0 aliphatic rings. The van der Waals surface area contributed by atoms with Gasteiger partial charge in [-0.05, 0) is 31.0 Å². The van der Waals surface area contributed by atoms with Crippen LogP contribution in [-0.2, 0) is 6.42 Å². The Bertz CT molecular complexity index is 557. The lowest BCUT2D eigenvalue weighted by molar-refractivity contribution is 0.626. The molecule has 1 heterocycles. The van der Waals surface area contributed by atoms with Crippen LogP contribution in [0.25, 0.3) is 0 Å². The fraction of sp³-hybridized carbons (Fsp3) is 0.286. The van der Waals surface area contributed by atoms with Gasteiger partial charge in [-0.15, -0.1) is 0 Å². The van der Waals surface area contributed by atoms with E-state index in [1.807, 2.05) is 13.8 Å². The summed E-state index contributed by atoms with van der Waals surface area (Å²) in [5.41, 5.74) is 1.87. The monoisotopic (exact) mass is 279 g/mol. The minimum absolute atomic E-state index is 0.0110. The number of benzene rings is 1. The van der Waals surface area contributed by atoms with Crippen molar-refractivity contribution in [3.8, 4) is 0 Å². The summed E-state index contributed by atoms with van der Waals surface area (Å²) in [6.07, 6.45) is 2.18. The van der Waals surface area contributed by atoms with Gasteiger partial charge < -0.3 is 5.32 Å². The van der Waals surface area contributed by atoms with Crippen molar-refractivity contribution in [3.63, 3.8) is 0 Å². The highest BCUT2D eigenvalue weighted by Crippen LogP contribution is 2.24. The van der Waals surface area contributed by atoms with E-state index in [9.17, 15) is 4.39 Å². The zero-order chi connectivity index (χ0) is 13.8. The molecule has 0 spiro atoms. The highest BCUT2D eigenvalue weighted by molar-refractivity contribution is 6.30. The van der Waals surface area contributed by atoms with Crippen molar-refractivity contribution in [1.29, 1.82) is 0 Å². The average molecular weight is 280 g/mol. The maximum Gasteiger partial charge on any atom is 0.137 e. The van der Waals surface area contributed by atoms with Crippen molar-refractivity contribution < 1.29 is 4.39 Å². The van der Waals surface area contributed by atoms with Crippen molar-refractivity contribution in [2.24, 2.45) is 0 Å². The zero-order valence-electron chi connectivity index (χ0n) is 10.8. The Labute approximate surface area is 116 Å². The van der Waals surface area contributed by atoms with Gasteiger partial charge in [-0.3, -0.25) is 0 Å². The Hall–Kier alpha value is -1.68. The highest BCUT2D eigenvalue weighted by Gasteiger charge is 2.11. The lowest BCUT2D eigenvalue weighted by Gasteiger charge is -2.17. The van der Waals surface area contributed by atoms with E-state index in [1.54, 1.807) is 12.1 Å². The van der Waals surface area contributed by atoms with Crippen LogP contribution in [-0.4, -0.2) is 9.97 Å². The van der Waals surface area contributed by atoms with Gasteiger partial charge in [-0.25, -0.2) is 14.4 Å². The van der Waals surface area contributed by atoms with E-state index >= 15 is 0 Å². The van der Waals surface area contributed by atoms with Gasteiger partial charge in [0, 0.05) is 11.6 Å². The predicted octanol–water partition coefficient (Wildman–Crippen LogP) is 4.00. The topological polar surface area (TPSA) is 37.8 Å². The standard InChI is InChI=1S/C14H15ClFN3/c1-3-12-13(15)17-8-18-14(12)19-9(2)10-4-6-11(16)7-5-10/h4-9H,3H2,1-2H3,(H,17,18,19). The molecule has 2 aromatic rings. The molecule has 0 saturated heterocycles. The van der Waals surface area contributed by atoms with Crippen LogP contribution in [0.3, 0.4) is 0 Å². The molecule has 3 nitrogen and oxygen atoms in total. The average Bonchev–Trinajstić information content (AvgIpc) is 2.39. The van der Waals surface area contributed by atoms with Gasteiger partial charge in [0.25, 0.3) is 0 Å². The molecular weight excluding hydrogens is 265 g/mol. The summed E-state index contributed by atoms with van der Waals surface area (Å²) < 4.78 is 12.9. The van der Waals surface area contributed by atoms with Crippen LogP contribution in [0, 0.1) is 5.82 Å². The molecule has 0 radical (unpaired) electrons. The van der Waals surface area contributed by atoms with Crippen LogP contribution in [0.15, 0.2) is 30.6 Å². The van der Waals surface area contributed by atoms with Crippen LogP contribution in [0.5, 0.6) is 0 Å². The molecule has 1 aromatic carbocycles. The van der Waals surface area contributed by atoms with Gasteiger partial charge in [0.15, 0.2) is 0 Å². The van der Waals surface area contributed by atoms with Crippen molar-refractivity contribution in [2.45, 2.75) is 26.3 Å². The summed E-state index contributed by atoms with van der Waals surface area (Å²) in [6.45, 7) is 3.99. The molecule has 0 saturated carbocycles. The van der Waals surface area contributed by atoms with Gasteiger partial charge in [0.2, 0.25) is 0 Å². The van der Waals surface area contributed by atoms with Gasteiger partial charge in [-0.1, -0.05) is 30.7 Å². The number of aromatic nitrogens is 2. The minimum Gasteiger partial charge on any atom is -0.363 e. The Morgan fingerprint density at radius 2 is 1.95 bits per heavy atom. The normalized spacial score (nSPS) is 12.2. The molecule has 0 aliphatic heterocycles. The van der Waals surface area contributed by atoms with E-state index < -0.39 is 0 Å². The molecule has 0 bridgehead atoms. The smallest absolute Gasteiger partial charge is 0.137 e. The first-order valence-electron chi connectivity index (χ1n) is 6.13. The summed E-state index contributed by atoms with van der Waals surface area (Å²) in [7, 11) is 0.